The Morgan fingerprint density at radius 1 is 0.941 bits per heavy atom. The van der Waals surface area contributed by atoms with Crippen molar-refractivity contribution in [1.29, 1.82) is 5.26 Å². The van der Waals surface area contributed by atoms with Crippen LogP contribution in [0.15, 0.2) is 77.8 Å². The lowest BCUT2D eigenvalue weighted by Gasteiger charge is -2.35. The summed E-state index contributed by atoms with van der Waals surface area (Å²) in [5.41, 5.74) is 5.21. The Morgan fingerprint density at radius 3 is 2.29 bits per heavy atom. The maximum absolute atomic E-state index is 14.1. The number of benzene rings is 3. The summed E-state index contributed by atoms with van der Waals surface area (Å²) in [7, 11) is 0. The molecule has 0 unspecified atom stereocenters. The van der Waals surface area contributed by atoms with Gasteiger partial charge in [0.25, 0.3) is 0 Å². The number of β-amino-alcohol motifs (C(OH)–C–C–N with tert-alkyl or cyclic N) is 1. The number of rotatable bonds is 14. The molecule has 68 heavy (non-hydrogen) atoms. The van der Waals surface area contributed by atoms with E-state index in [9.17, 15) is 24.3 Å². The zero-order chi connectivity index (χ0) is 48.6. The molecule has 354 valence electrons. The largest absolute Gasteiger partial charge is 0.490 e. The SMILES string of the molecule is Cc1sc2c(c1C)C(c1ccc(Cl)cc1)=N[C@@H](CC(=O)CC1CC(Oc3ccc(CC(=O)N[C@H](C(=O)N4C[C@H](O)C[C@H]4C(=O)N[C@@H](C)c4ccc(C#N)cc4)C(C)(C)C)cc3)C1)c1nnc(C)n1-2. The van der Waals surface area contributed by atoms with Crippen LogP contribution in [0.5, 0.6) is 5.75 Å². The number of nitrogens with one attached hydrogen (secondary N) is 2. The van der Waals surface area contributed by atoms with Gasteiger partial charge in [-0.2, -0.15) is 5.26 Å². The minimum absolute atomic E-state index is 0.0119. The molecule has 3 amide bonds. The van der Waals surface area contributed by atoms with Crippen molar-refractivity contribution in [3.05, 3.63) is 128 Å². The Labute approximate surface area is 405 Å². The minimum atomic E-state index is -0.966. The molecule has 0 bridgehead atoms. The number of hydrogen-bond acceptors (Lipinski definition) is 11. The number of Topliss-reactive ketones (excluding diaryl/α,β-unsaturated/α-hetero) is 1. The molecule has 4 heterocycles. The van der Waals surface area contributed by atoms with Crippen molar-refractivity contribution in [2.75, 3.05) is 6.54 Å². The van der Waals surface area contributed by atoms with E-state index in [4.69, 9.17) is 26.6 Å². The number of aryl methyl sites for hydroxylation is 2. The lowest BCUT2D eigenvalue weighted by atomic mass is 9.78. The van der Waals surface area contributed by atoms with Crippen molar-refractivity contribution in [3.8, 4) is 16.8 Å². The molecule has 1 saturated heterocycles. The molecule has 5 aromatic rings. The van der Waals surface area contributed by atoms with Crippen LogP contribution in [-0.4, -0.2) is 84.8 Å². The second-order valence-corrected chi connectivity index (χ2v) is 21.1. The Kier molecular flexibility index (Phi) is 14.0. The highest BCUT2D eigenvalue weighted by Crippen LogP contribution is 2.41. The molecule has 5 atom stereocenters. The number of aromatic nitrogens is 3. The van der Waals surface area contributed by atoms with Crippen molar-refractivity contribution in [2.45, 2.75) is 123 Å². The number of hydrogen-bond donors (Lipinski definition) is 3. The van der Waals surface area contributed by atoms with Gasteiger partial charge in [-0.3, -0.25) is 28.7 Å². The molecule has 16 heteroatoms. The van der Waals surface area contributed by atoms with E-state index in [1.807, 2.05) is 83.1 Å². The molecule has 8 rings (SSSR count). The number of ether oxygens (including phenoxy) is 1. The summed E-state index contributed by atoms with van der Waals surface area (Å²) >= 11 is 7.95. The van der Waals surface area contributed by atoms with Crippen LogP contribution in [0, 0.1) is 43.4 Å². The number of ketones is 1. The summed E-state index contributed by atoms with van der Waals surface area (Å²) in [6.45, 7) is 13.4. The van der Waals surface area contributed by atoms with E-state index in [2.05, 4.69) is 45.3 Å². The molecule has 3 N–H and O–H groups in total. The first-order chi connectivity index (χ1) is 32.4. The van der Waals surface area contributed by atoms with Gasteiger partial charge in [-0.05, 0) is 105 Å². The van der Waals surface area contributed by atoms with Gasteiger partial charge in [0.15, 0.2) is 5.82 Å². The quantitative estimate of drug-likeness (QED) is 0.0997. The van der Waals surface area contributed by atoms with Crippen molar-refractivity contribution in [2.24, 2.45) is 16.3 Å². The maximum Gasteiger partial charge on any atom is 0.246 e. The minimum Gasteiger partial charge on any atom is -0.490 e. The van der Waals surface area contributed by atoms with Crippen LogP contribution in [0.4, 0.5) is 0 Å². The van der Waals surface area contributed by atoms with Gasteiger partial charge in [0.05, 0.1) is 42.0 Å². The Hall–Kier alpha value is -6.21. The summed E-state index contributed by atoms with van der Waals surface area (Å²) < 4.78 is 8.33. The number of carbonyl (C=O) groups is 4. The predicted molar refractivity (Wildman–Crippen MR) is 260 cm³/mol. The molecular weight excluding hydrogens is 900 g/mol. The first kappa shape index (κ1) is 48.3. The third-order valence-corrected chi connectivity index (χ3v) is 14.7. The Bertz CT molecular complexity index is 2780. The molecule has 1 aliphatic carbocycles. The van der Waals surface area contributed by atoms with Gasteiger partial charge < -0.3 is 25.4 Å². The molecule has 0 spiro atoms. The second kappa shape index (κ2) is 19.8. The van der Waals surface area contributed by atoms with Gasteiger partial charge in [0.1, 0.15) is 40.5 Å². The predicted octanol–water partition coefficient (Wildman–Crippen LogP) is 7.79. The van der Waals surface area contributed by atoms with Crippen LogP contribution in [-0.2, 0) is 25.6 Å². The Morgan fingerprint density at radius 2 is 1.63 bits per heavy atom. The highest BCUT2D eigenvalue weighted by Gasteiger charge is 2.45. The van der Waals surface area contributed by atoms with E-state index >= 15 is 0 Å². The number of aliphatic hydroxyl groups excluding tert-OH is 1. The van der Waals surface area contributed by atoms with Crippen molar-refractivity contribution in [3.63, 3.8) is 0 Å². The standard InChI is InChI=1S/C52H57ClN8O6S/c1-28-30(3)68-51-45(28)46(36-14-16-37(53)17-15-36)56-42(48-59-58-31(4)61(48)51)24-38(62)20-34-21-41(22-34)67-40-18-10-32(11-19-40)23-44(64)57-47(52(5,6)7)50(66)60-27-39(63)25-43(60)49(65)55-29(2)35-12-8-33(26-54)9-13-35/h8-19,29,34,39,41-43,47,63H,20-25,27H2,1-7H3,(H,55,65)(H,57,64)/t29-,34?,39+,41?,42-,43-,47+/m0/s1. The van der Waals surface area contributed by atoms with Crippen LogP contribution in [0.25, 0.3) is 5.00 Å². The number of aliphatic hydroxyl groups is 1. The fourth-order valence-corrected chi connectivity index (χ4v) is 10.7. The molecule has 3 aliphatic rings. The number of halogens is 1. The van der Waals surface area contributed by atoms with Gasteiger partial charge in [-0.1, -0.05) is 68.8 Å². The fraction of sp³-hybridized carbons (Fsp3) is 0.423. The number of nitriles is 1. The fourth-order valence-electron chi connectivity index (χ4n) is 9.33. The summed E-state index contributed by atoms with van der Waals surface area (Å²) in [6, 6.07) is 21.1. The van der Waals surface area contributed by atoms with Gasteiger partial charge >= 0.3 is 0 Å². The van der Waals surface area contributed by atoms with Crippen LogP contribution < -0.4 is 15.4 Å². The summed E-state index contributed by atoms with van der Waals surface area (Å²) in [4.78, 5) is 62.7. The summed E-state index contributed by atoms with van der Waals surface area (Å²) in [6.07, 6.45) is 1.22. The molecule has 14 nitrogen and oxygen atoms in total. The van der Waals surface area contributed by atoms with E-state index in [-0.39, 0.29) is 49.5 Å². The van der Waals surface area contributed by atoms with Crippen molar-refractivity contribution in [1.82, 2.24) is 30.3 Å². The smallest absolute Gasteiger partial charge is 0.246 e. The zero-order valence-corrected chi connectivity index (χ0v) is 40.9. The van der Waals surface area contributed by atoms with Crippen molar-refractivity contribution < 1.29 is 29.0 Å². The van der Waals surface area contributed by atoms with E-state index in [0.717, 1.165) is 57.2 Å². The number of aliphatic imine (C=N–C) groups is 1. The second-order valence-electron chi connectivity index (χ2n) is 19.5. The lowest BCUT2D eigenvalue weighted by Crippen LogP contribution is -2.58. The van der Waals surface area contributed by atoms with Crippen LogP contribution in [0.2, 0.25) is 5.02 Å². The van der Waals surface area contributed by atoms with E-state index in [1.54, 1.807) is 35.6 Å². The van der Waals surface area contributed by atoms with Gasteiger partial charge in [0.2, 0.25) is 17.7 Å². The van der Waals surface area contributed by atoms with Crippen molar-refractivity contribution >= 4 is 52.2 Å². The van der Waals surface area contributed by atoms with Crippen LogP contribution in [0.1, 0.15) is 122 Å². The first-order valence-electron chi connectivity index (χ1n) is 23.1. The number of nitrogens with zero attached hydrogens (tertiary/aromatic N) is 6. The Balaban J connectivity index is 0.839. The highest BCUT2D eigenvalue weighted by molar-refractivity contribution is 7.15. The molecule has 0 radical (unpaired) electrons. The van der Waals surface area contributed by atoms with Gasteiger partial charge in [-0.25, -0.2) is 0 Å². The molecule has 1 saturated carbocycles. The number of amides is 3. The van der Waals surface area contributed by atoms with Crippen LogP contribution in [0.3, 0.4) is 0 Å². The summed E-state index contributed by atoms with van der Waals surface area (Å²) in [5.74, 6) is 1.13. The summed E-state index contributed by atoms with van der Waals surface area (Å²) in [5, 5.41) is 36.2. The van der Waals surface area contributed by atoms with Crippen LogP contribution >= 0.6 is 22.9 Å². The molecule has 2 fully saturated rings. The molecule has 3 aromatic carbocycles. The van der Waals surface area contributed by atoms with E-state index < -0.39 is 47.5 Å². The molecular formula is C52H57ClN8O6S. The van der Waals surface area contributed by atoms with E-state index in [0.29, 0.717) is 28.6 Å². The molecule has 2 aliphatic heterocycles. The zero-order valence-electron chi connectivity index (χ0n) is 39.4. The maximum atomic E-state index is 14.1. The number of thiophene rings is 1. The topological polar surface area (TPSA) is 192 Å². The first-order valence-corrected chi connectivity index (χ1v) is 24.3. The number of likely N-dealkylation sites (tertiary alicyclic amines) is 1. The normalized spacial score (nSPS) is 20.7. The molecule has 2 aromatic heterocycles. The number of fused-ring (bicyclic) bond motifs is 3. The lowest BCUT2D eigenvalue weighted by molar-refractivity contribution is -0.144. The monoisotopic (exact) mass is 956 g/mol. The average molecular weight is 958 g/mol. The third kappa shape index (κ3) is 10.4. The van der Waals surface area contributed by atoms with Gasteiger partial charge in [0, 0.05) is 46.8 Å². The highest BCUT2D eigenvalue weighted by atomic mass is 35.5. The average Bonchev–Trinajstić information content (AvgIpc) is 3.94. The third-order valence-electron chi connectivity index (χ3n) is 13.3. The van der Waals surface area contributed by atoms with E-state index in [1.165, 1.54) is 9.78 Å². The van der Waals surface area contributed by atoms with Gasteiger partial charge in [-0.15, -0.1) is 21.5 Å². The number of carbonyl (C=O) groups excluding carboxylic acids is 4.